The van der Waals surface area contributed by atoms with E-state index in [0.29, 0.717) is 15.3 Å². The van der Waals surface area contributed by atoms with Gasteiger partial charge in [-0.3, -0.25) is 4.72 Å². The Morgan fingerprint density at radius 3 is 2.67 bits per heavy atom. The van der Waals surface area contributed by atoms with Crippen molar-refractivity contribution >= 4 is 43.2 Å². The lowest BCUT2D eigenvalue weighted by Crippen LogP contribution is -2.13. The summed E-state index contributed by atoms with van der Waals surface area (Å²) >= 11 is 8.94. The molecule has 0 saturated heterocycles. The van der Waals surface area contributed by atoms with Crippen molar-refractivity contribution in [2.24, 2.45) is 0 Å². The van der Waals surface area contributed by atoms with Crippen molar-refractivity contribution in [1.82, 2.24) is 4.98 Å². The molecule has 0 atom stereocenters. The van der Waals surface area contributed by atoms with Crippen molar-refractivity contribution in [1.29, 1.82) is 0 Å². The molecule has 0 saturated carbocycles. The van der Waals surface area contributed by atoms with Gasteiger partial charge in [0.15, 0.2) is 0 Å². The average Bonchev–Trinajstić information content (AvgIpc) is 2.32. The molecular weight excluding hydrogens is 340 g/mol. The largest absolute Gasteiger partial charge is 0.277 e. The molecule has 18 heavy (non-hydrogen) atoms. The molecule has 94 valence electrons. The lowest BCUT2D eigenvalue weighted by atomic mass is 10.4. The lowest BCUT2D eigenvalue weighted by molar-refractivity contribution is 0.601. The topological polar surface area (TPSA) is 59.1 Å². The number of hydrogen-bond donors (Lipinski definition) is 1. The first kappa shape index (κ1) is 13.3. The van der Waals surface area contributed by atoms with Gasteiger partial charge < -0.3 is 0 Å². The molecule has 0 unspecified atom stereocenters. The lowest BCUT2D eigenvalue weighted by Gasteiger charge is -2.09. The zero-order chi connectivity index (χ0) is 13.2. The van der Waals surface area contributed by atoms with Crippen molar-refractivity contribution in [2.45, 2.75) is 4.90 Å². The van der Waals surface area contributed by atoms with Gasteiger partial charge in [-0.05, 0) is 46.3 Å². The Hall–Kier alpha value is -1.11. The van der Waals surface area contributed by atoms with Crippen molar-refractivity contribution in [2.75, 3.05) is 4.72 Å². The van der Waals surface area contributed by atoms with Gasteiger partial charge in [0.2, 0.25) is 0 Å². The second-order valence-corrected chi connectivity index (χ2v) is 6.27. The molecule has 1 heterocycles. The van der Waals surface area contributed by atoms with Crippen LogP contribution in [0.25, 0.3) is 0 Å². The van der Waals surface area contributed by atoms with Crippen LogP contribution in [0.5, 0.6) is 0 Å². The first-order valence-corrected chi connectivity index (χ1v) is 7.53. The van der Waals surface area contributed by atoms with E-state index in [0.717, 1.165) is 0 Å². The Labute approximate surface area is 118 Å². The molecular formula is C11H8BrClN2O2S. The summed E-state index contributed by atoms with van der Waals surface area (Å²) in [5.74, 6) is 0. The van der Waals surface area contributed by atoms with Crippen LogP contribution in [0.15, 0.2) is 52.1 Å². The SMILES string of the molecule is O=S(=O)(Nc1cccnc1Br)c1cccc(Cl)c1. The Morgan fingerprint density at radius 1 is 1.22 bits per heavy atom. The van der Waals surface area contributed by atoms with E-state index in [1.165, 1.54) is 12.1 Å². The third-order valence-corrected chi connectivity index (χ3v) is 4.34. The first-order chi connectivity index (χ1) is 8.49. The van der Waals surface area contributed by atoms with Crippen molar-refractivity contribution in [3.05, 3.63) is 52.2 Å². The number of rotatable bonds is 3. The zero-order valence-electron chi connectivity index (χ0n) is 8.97. The predicted octanol–water partition coefficient (Wildman–Crippen LogP) is 3.30. The Bertz CT molecular complexity index is 676. The van der Waals surface area contributed by atoms with Crippen LogP contribution in [0.2, 0.25) is 5.02 Å². The van der Waals surface area contributed by atoms with Crippen molar-refractivity contribution in [3.63, 3.8) is 0 Å². The molecule has 0 bridgehead atoms. The van der Waals surface area contributed by atoms with E-state index in [2.05, 4.69) is 25.6 Å². The smallest absolute Gasteiger partial charge is 0.262 e. The van der Waals surface area contributed by atoms with Gasteiger partial charge in [-0.25, -0.2) is 13.4 Å². The second kappa shape index (κ2) is 5.26. The van der Waals surface area contributed by atoms with Crippen LogP contribution in [-0.4, -0.2) is 13.4 Å². The minimum atomic E-state index is -3.66. The molecule has 7 heteroatoms. The third kappa shape index (κ3) is 3.01. The summed E-state index contributed by atoms with van der Waals surface area (Å²) in [4.78, 5) is 4.04. The fraction of sp³-hybridized carbons (Fsp3) is 0. The summed E-state index contributed by atoms with van der Waals surface area (Å²) in [5, 5.41) is 0.364. The first-order valence-electron chi connectivity index (χ1n) is 4.88. The number of benzene rings is 1. The van der Waals surface area contributed by atoms with E-state index in [4.69, 9.17) is 11.6 Å². The zero-order valence-corrected chi connectivity index (χ0v) is 12.1. The number of sulfonamides is 1. The number of pyridine rings is 1. The van der Waals surface area contributed by atoms with Gasteiger partial charge in [-0.1, -0.05) is 17.7 Å². The summed E-state index contributed by atoms with van der Waals surface area (Å²) in [5.41, 5.74) is 0.373. The number of halogens is 2. The van der Waals surface area contributed by atoms with Crippen LogP contribution in [0.3, 0.4) is 0 Å². The van der Waals surface area contributed by atoms with E-state index in [9.17, 15) is 8.42 Å². The van der Waals surface area contributed by atoms with Gasteiger partial charge in [-0.15, -0.1) is 0 Å². The van der Waals surface area contributed by atoms with Crippen molar-refractivity contribution in [3.8, 4) is 0 Å². The van der Waals surface area contributed by atoms with E-state index in [-0.39, 0.29) is 4.90 Å². The minimum Gasteiger partial charge on any atom is -0.277 e. The summed E-state index contributed by atoms with van der Waals surface area (Å²) in [6.45, 7) is 0. The number of hydrogen-bond acceptors (Lipinski definition) is 3. The molecule has 1 aromatic heterocycles. The molecule has 0 aliphatic heterocycles. The van der Waals surface area contributed by atoms with Gasteiger partial charge in [0, 0.05) is 11.2 Å². The maximum absolute atomic E-state index is 12.1. The third-order valence-electron chi connectivity index (χ3n) is 2.11. The Balaban J connectivity index is 2.37. The van der Waals surface area contributed by atoms with Gasteiger partial charge >= 0.3 is 0 Å². The molecule has 0 aliphatic carbocycles. The molecule has 2 rings (SSSR count). The Morgan fingerprint density at radius 2 is 2.00 bits per heavy atom. The standard InChI is InChI=1S/C11H8BrClN2O2S/c12-11-10(5-2-6-14-11)15-18(16,17)9-4-1-3-8(13)7-9/h1-7,15H. The average molecular weight is 348 g/mol. The van der Waals surface area contributed by atoms with E-state index in [1.807, 2.05) is 0 Å². The van der Waals surface area contributed by atoms with Gasteiger partial charge in [0.1, 0.15) is 4.60 Å². The van der Waals surface area contributed by atoms with Crippen LogP contribution in [0, 0.1) is 0 Å². The van der Waals surface area contributed by atoms with Gasteiger partial charge in [0.25, 0.3) is 10.0 Å². The van der Waals surface area contributed by atoms with Gasteiger partial charge in [0.05, 0.1) is 10.6 Å². The molecule has 4 nitrogen and oxygen atoms in total. The van der Waals surface area contributed by atoms with Crippen molar-refractivity contribution < 1.29 is 8.42 Å². The van der Waals surface area contributed by atoms with E-state index < -0.39 is 10.0 Å². The highest BCUT2D eigenvalue weighted by molar-refractivity contribution is 9.10. The highest BCUT2D eigenvalue weighted by Crippen LogP contribution is 2.23. The molecule has 0 amide bonds. The summed E-state index contributed by atoms with van der Waals surface area (Å²) < 4.78 is 27.0. The highest BCUT2D eigenvalue weighted by Gasteiger charge is 2.15. The van der Waals surface area contributed by atoms with Crippen LogP contribution in [-0.2, 0) is 10.0 Å². The maximum Gasteiger partial charge on any atom is 0.262 e. The predicted molar refractivity (Wildman–Crippen MR) is 74.2 cm³/mol. The molecule has 1 aromatic carbocycles. The van der Waals surface area contributed by atoms with Crippen LogP contribution in [0.1, 0.15) is 0 Å². The van der Waals surface area contributed by atoms with Gasteiger partial charge in [-0.2, -0.15) is 0 Å². The van der Waals surface area contributed by atoms with E-state index in [1.54, 1.807) is 30.5 Å². The number of nitrogens with zero attached hydrogens (tertiary/aromatic N) is 1. The minimum absolute atomic E-state index is 0.103. The Kier molecular flexibility index (Phi) is 3.89. The van der Waals surface area contributed by atoms with Crippen LogP contribution >= 0.6 is 27.5 Å². The molecule has 0 spiro atoms. The molecule has 0 aliphatic rings. The monoisotopic (exact) mass is 346 g/mol. The van der Waals surface area contributed by atoms with E-state index >= 15 is 0 Å². The maximum atomic E-state index is 12.1. The molecule has 0 fully saturated rings. The van der Waals surface area contributed by atoms with Crippen LogP contribution in [0.4, 0.5) is 5.69 Å². The summed E-state index contributed by atoms with van der Waals surface area (Å²) in [6, 6.07) is 9.29. The number of aromatic nitrogens is 1. The van der Waals surface area contributed by atoms with Crippen LogP contribution < -0.4 is 4.72 Å². The highest BCUT2D eigenvalue weighted by atomic mass is 79.9. The molecule has 2 aromatic rings. The summed E-state index contributed by atoms with van der Waals surface area (Å²) in [7, 11) is -3.66. The second-order valence-electron chi connectivity index (χ2n) is 3.40. The molecule has 1 N–H and O–H groups in total. The number of nitrogens with one attached hydrogen (secondary N) is 1. The fourth-order valence-corrected chi connectivity index (χ4v) is 3.15. The summed E-state index contributed by atoms with van der Waals surface area (Å²) in [6.07, 6.45) is 1.56. The normalized spacial score (nSPS) is 11.2. The quantitative estimate of drug-likeness (QED) is 0.867. The fourth-order valence-electron chi connectivity index (χ4n) is 1.30. The number of anilines is 1. The molecule has 0 radical (unpaired) electrons.